The van der Waals surface area contributed by atoms with E-state index < -0.39 is 0 Å². The van der Waals surface area contributed by atoms with Crippen LogP contribution in [0.3, 0.4) is 0 Å². The fraction of sp³-hybridized carbons (Fsp3) is 0.158. The third kappa shape index (κ3) is 4.17. The summed E-state index contributed by atoms with van der Waals surface area (Å²) in [7, 11) is 0. The number of fused-ring (bicyclic) bond motifs is 1. The van der Waals surface area contributed by atoms with Crippen molar-refractivity contribution >= 4 is 23.3 Å². The predicted octanol–water partition coefficient (Wildman–Crippen LogP) is 3.24. The van der Waals surface area contributed by atoms with E-state index >= 15 is 0 Å². The first-order valence-electron chi connectivity index (χ1n) is 7.93. The topological polar surface area (TPSA) is 70.7 Å². The second-order valence-corrected chi connectivity index (χ2v) is 5.63. The SMILES string of the molecule is C=CCN(Cc1ccccc1)C(=O)Nc1ccc2c(c1)OCC(=O)N2. The predicted molar refractivity (Wildman–Crippen MR) is 96.6 cm³/mol. The molecule has 2 aromatic carbocycles. The van der Waals surface area contributed by atoms with Gasteiger partial charge in [-0.25, -0.2) is 4.79 Å². The van der Waals surface area contributed by atoms with Gasteiger partial charge in [-0.3, -0.25) is 4.79 Å². The zero-order valence-electron chi connectivity index (χ0n) is 13.7. The highest BCUT2D eigenvalue weighted by Crippen LogP contribution is 2.30. The Labute approximate surface area is 146 Å². The van der Waals surface area contributed by atoms with E-state index in [-0.39, 0.29) is 18.5 Å². The van der Waals surface area contributed by atoms with Crippen molar-refractivity contribution in [2.24, 2.45) is 0 Å². The number of nitrogens with one attached hydrogen (secondary N) is 2. The van der Waals surface area contributed by atoms with Gasteiger partial charge >= 0.3 is 6.03 Å². The summed E-state index contributed by atoms with van der Waals surface area (Å²) in [5, 5.41) is 5.57. The van der Waals surface area contributed by atoms with Crippen LogP contribution >= 0.6 is 0 Å². The Hall–Kier alpha value is -3.28. The largest absolute Gasteiger partial charge is 0.482 e. The molecule has 128 valence electrons. The molecule has 1 aliphatic rings. The summed E-state index contributed by atoms with van der Waals surface area (Å²) in [5.41, 5.74) is 2.24. The van der Waals surface area contributed by atoms with Gasteiger partial charge in [0.2, 0.25) is 0 Å². The smallest absolute Gasteiger partial charge is 0.322 e. The second-order valence-electron chi connectivity index (χ2n) is 5.63. The van der Waals surface area contributed by atoms with Crippen molar-refractivity contribution in [1.29, 1.82) is 0 Å². The number of anilines is 2. The van der Waals surface area contributed by atoms with E-state index in [1.807, 2.05) is 30.3 Å². The van der Waals surface area contributed by atoms with Gasteiger partial charge < -0.3 is 20.3 Å². The molecule has 0 aliphatic carbocycles. The van der Waals surface area contributed by atoms with Crippen molar-refractivity contribution in [3.8, 4) is 5.75 Å². The van der Waals surface area contributed by atoms with Crippen LogP contribution in [-0.4, -0.2) is 30.0 Å². The molecule has 25 heavy (non-hydrogen) atoms. The van der Waals surface area contributed by atoms with Crippen LogP contribution in [0.2, 0.25) is 0 Å². The number of nitrogens with zero attached hydrogens (tertiary/aromatic N) is 1. The minimum absolute atomic E-state index is 0.0268. The van der Waals surface area contributed by atoms with Gasteiger partial charge in [-0.1, -0.05) is 36.4 Å². The highest BCUT2D eigenvalue weighted by molar-refractivity contribution is 5.96. The van der Waals surface area contributed by atoms with Crippen molar-refractivity contribution in [1.82, 2.24) is 4.90 Å². The molecule has 0 unspecified atom stereocenters. The first-order valence-corrected chi connectivity index (χ1v) is 7.93. The van der Waals surface area contributed by atoms with Crippen molar-refractivity contribution in [2.45, 2.75) is 6.54 Å². The number of benzene rings is 2. The number of carbonyl (C=O) groups excluding carboxylic acids is 2. The maximum atomic E-state index is 12.6. The average molecular weight is 337 g/mol. The Kier molecular flexibility index (Phi) is 4.99. The molecule has 6 heteroatoms. The monoisotopic (exact) mass is 337 g/mol. The Morgan fingerprint density at radius 2 is 2.08 bits per heavy atom. The van der Waals surface area contributed by atoms with Gasteiger partial charge in [-0.15, -0.1) is 6.58 Å². The molecule has 0 atom stereocenters. The molecule has 3 rings (SSSR count). The second kappa shape index (κ2) is 7.53. The third-order valence-electron chi connectivity index (χ3n) is 3.72. The fourth-order valence-electron chi connectivity index (χ4n) is 2.53. The summed E-state index contributed by atoms with van der Waals surface area (Å²) < 4.78 is 5.37. The Balaban J connectivity index is 1.70. The number of amides is 3. The molecule has 0 radical (unpaired) electrons. The molecule has 1 heterocycles. The van der Waals surface area contributed by atoms with Crippen LogP contribution in [0.1, 0.15) is 5.56 Å². The number of hydrogen-bond acceptors (Lipinski definition) is 3. The van der Waals surface area contributed by atoms with E-state index in [0.29, 0.717) is 30.2 Å². The summed E-state index contributed by atoms with van der Waals surface area (Å²) >= 11 is 0. The summed E-state index contributed by atoms with van der Waals surface area (Å²) in [6.45, 7) is 4.60. The molecule has 0 fully saturated rings. The Morgan fingerprint density at radius 3 is 2.84 bits per heavy atom. The Bertz CT molecular complexity index is 790. The molecule has 0 bridgehead atoms. The summed E-state index contributed by atoms with van der Waals surface area (Å²) in [4.78, 5) is 25.5. The molecule has 0 aromatic heterocycles. The van der Waals surface area contributed by atoms with Crippen molar-refractivity contribution in [3.05, 3.63) is 66.7 Å². The average Bonchev–Trinajstić information content (AvgIpc) is 2.62. The lowest BCUT2D eigenvalue weighted by atomic mass is 10.2. The summed E-state index contributed by atoms with van der Waals surface area (Å²) in [6, 6.07) is 14.6. The number of urea groups is 1. The lowest BCUT2D eigenvalue weighted by molar-refractivity contribution is -0.118. The maximum absolute atomic E-state index is 12.6. The number of ether oxygens (including phenoxy) is 1. The highest BCUT2D eigenvalue weighted by atomic mass is 16.5. The highest BCUT2D eigenvalue weighted by Gasteiger charge is 2.18. The third-order valence-corrected chi connectivity index (χ3v) is 3.72. The normalized spacial score (nSPS) is 12.4. The maximum Gasteiger partial charge on any atom is 0.322 e. The van der Waals surface area contributed by atoms with Crippen LogP contribution < -0.4 is 15.4 Å². The molecule has 3 amide bonds. The first kappa shape index (κ1) is 16.6. The molecule has 2 N–H and O–H groups in total. The van der Waals surface area contributed by atoms with E-state index in [9.17, 15) is 9.59 Å². The number of rotatable bonds is 5. The molecule has 6 nitrogen and oxygen atoms in total. The van der Waals surface area contributed by atoms with Crippen molar-refractivity contribution in [2.75, 3.05) is 23.8 Å². The van der Waals surface area contributed by atoms with Gasteiger partial charge in [0.25, 0.3) is 5.91 Å². The molecule has 0 saturated heterocycles. The van der Waals surface area contributed by atoms with Gasteiger partial charge in [0.1, 0.15) is 5.75 Å². The Morgan fingerprint density at radius 1 is 1.28 bits per heavy atom. The van der Waals surface area contributed by atoms with Crippen molar-refractivity contribution in [3.63, 3.8) is 0 Å². The molecule has 2 aromatic rings. The lowest BCUT2D eigenvalue weighted by Crippen LogP contribution is -2.34. The van der Waals surface area contributed by atoms with Gasteiger partial charge in [-0.05, 0) is 17.7 Å². The van der Waals surface area contributed by atoms with E-state index in [1.165, 1.54) is 0 Å². The van der Waals surface area contributed by atoms with Crippen LogP contribution in [0.5, 0.6) is 5.75 Å². The van der Waals surface area contributed by atoms with E-state index in [2.05, 4.69) is 17.2 Å². The lowest BCUT2D eigenvalue weighted by Gasteiger charge is -2.23. The molecular weight excluding hydrogens is 318 g/mol. The number of carbonyl (C=O) groups is 2. The summed E-state index contributed by atoms with van der Waals surface area (Å²) in [5.74, 6) is 0.347. The zero-order chi connectivity index (χ0) is 17.6. The van der Waals surface area contributed by atoms with Crippen LogP contribution in [0.15, 0.2) is 61.2 Å². The van der Waals surface area contributed by atoms with Crippen molar-refractivity contribution < 1.29 is 14.3 Å². The minimum Gasteiger partial charge on any atom is -0.482 e. The van der Waals surface area contributed by atoms with E-state index in [4.69, 9.17) is 4.74 Å². The van der Waals surface area contributed by atoms with Gasteiger partial charge in [0, 0.05) is 24.8 Å². The van der Waals surface area contributed by atoms with Gasteiger partial charge in [0.05, 0.1) is 5.69 Å². The first-order chi connectivity index (χ1) is 12.2. The zero-order valence-corrected chi connectivity index (χ0v) is 13.7. The van der Waals surface area contributed by atoms with Crippen LogP contribution in [-0.2, 0) is 11.3 Å². The van der Waals surface area contributed by atoms with E-state index in [0.717, 1.165) is 5.56 Å². The molecule has 1 aliphatic heterocycles. The minimum atomic E-state index is -0.233. The molecular formula is C19H19N3O3. The van der Waals surface area contributed by atoms with Crippen LogP contribution in [0.25, 0.3) is 0 Å². The van der Waals surface area contributed by atoms with Gasteiger partial charge in [-0.2, -0.15) is 0 Å². The fourth-order valence-corrected chi connectivity index (χ4v) is 2.53. The summed E-state index contributed by atoms with van der Waals surface area (Å²) in [6.07, 6.45) is 1.69. The van der Waals surface area contributed by atoms with E-state index in [1.54, 1.807) is 29.2 Å². The quantitative estimate of drug-likeness (QED) is 0.823. The van der Waals surface area contributed by atoms with Gasteiger partial charge in [0.15, 0.2) is 6.61 Å². The molecule has 0 saturated carbocycles. The van der Waals surface area contributed by atoms with Crippen LogP contribution in [0.4, 0.5) is 16.2 Å². The number of hydrogen-bond donors (Lipinski definition) is 2. The van der Waals surface area contributed by atoms with Crippen LogP contribution in [0, 0.1) is 0 Å². The molecule has 0 spiro atoms. The standard InChI is InChI=1S/C19H19N3O3/c1-2-10-22(12-14-6-4-3-5-7-14)19(24)20-15-8-9-16-17(11-15)25-13-18(23)21-16/h2-9,11H,1,10,12-13H2,(H,20,24)(H,21,23).